The van der Waals surface area contributed by atoms with Gasteiger partial charge in [-0.15, -0.1) is 0 Å². The lowest BCUT2D eigenvalue weighted by atomic mass is 10.2. The van der Waals surface area contributed by atoms with E-state index in [1.807, 2.05) is 30.3 Å². The van der Waals surface area contributed by atoms with Crippen LogP contribution in [0.3, 0.4) is 0 Å². The number of nitrogens with zero attached hydrogens (tertiary/aromatic N) is 3. The summed E-state index contributed by atoms with van der Waals surface area (Å²) in [5.41, 5.74) is 2.48. The second kappa shape index (κ2) is 7.47. The molecule has 28 heavy (non-hydrogen) atoms. The number of aromatic nitrogens is 2. The first-order valence-electron chi connectivity index (χ1n) is 8.89. The van der Waals surface area contributed by atoms with Crippen LogP contribution < -0.4 is 4.31 Å². The maximum absolute atomic E-state index is 12.4. The van der Waals surface area contributed by atoms with Gasteiger partial charge in [-0.2, -0.15) is 5.10 Å². The van der Waals surface area contributed by atoms with Crippen LogP contribution in [0.4, 0.5) is 5.69 Å². The fourth-order valence-electron chi connectivity index (χ4n) is 3.11. The number of carbonyl (C=O) groups is 1. The zero-order chi connectivity index (χ0) is 19.6. The van der Waals surface area contributed by atoms with Gasteiger partial charge in [-0.05, 0) is 36.8 Å². The molecule has 3 aromatic rings. The summed E-state index contributed by atoms with van der Waals surface area (Å²) in [7, 11) is -3.29. The van der Waals surface area contributed by atoms with Gasteiger partial charge >= 0.3 is 5.97 Å². The normalized spacial score (nSPS) is 15.5. The van der Waals surface area contributed by atoms with Crippen molar-refractivity contribution in [2.75, 3.05) is 16.6 Å². The van der Waals surface area contributed by atoms with Gasteiger partial charge in [-0.25, -0.2) is 17.9 Å². The third-order valence-electron chi connectivity index (χ3n) is 4.50. The van der Waals surface area contributed by atoms with Gasteiger partial charge in [-0.3, -0.25) is 4.31 Å². The molecule has 0 spiro atoms. The quantitative estimate of drug-likeness (QED) is 0.619. The maximum atomic E-state index is 12.4. The molecule has 1 aliphatic rings. The van der Waals surface area contributed by atoms with Crippen LogP contribution in [0.1, 0.15) is 22.3 Å². The summed E-state index contributed by atoms with van der Waals surface area (Å²) in [6, 6.07) is 16.1. The first-order chi connectivity index (χ1) is 13.5. The summed E-state index contributed by atoms with van der Waals surface area (Å²) in [6.07, 6.45) is 4.03. The molecule has 0 amide bonds. The van der Waals surface area contributed by atoms with Gasteiger partial charge in [0.2, 0.25) is 10.0 Å². The number of hydrogen-bond acceptors (Lipinski definition) is 5. The van der Waals surface area contributed by atoms with E-state index in [1.54, 1.807) is 41.3 Å². The molecule has 0 N–H and O–H groups in total. The van der Waals surface area contributed by atoms with Crippen molar-refractivity contribution >= 4 is 21.7 Å². The molecular formula is C20H19N3O4S. The van der Waals surface area contributed by atoms with Crippen molar-refractivity contribution in [3.05, 3.63) is 78.1 Å². The van der Waals surface area contributed by atoms with Crippen LogP contribution >= 0.6 is 0 Å². The monoisotopic (exact) mass is 397 g/mol. The minimum Gasteiger partial charge on any atom is -0.457 e. The fraction of sp³-hybridized carbons (Fsp3) is 0.200. The summed E-state index contributed by atoms with van der Waals surface area (Å²) in [4.78, 5) is 12.4. The second-order valence-electron chi connectivity index (χ2n) is 6.50. The summed E-state index contributed by atoms with van der Waals surface area (Å²) in [6.45, 7) is 0.511. The summed E-state index contributed by atoms with van der Waals surface area (Å²) < 4.78 is 32.6. The van der Waals surface area contributed by atoms with Crippen LogP contribution in [-0.2, 0) is 21.4 Å². The molecule has 0 bridgehead atoms. The van der Waals surface area contributed by atoms with E-state index in [2.05, 4.69) is 5.10 Å². The molecule has 0 aliphatic carbocycles. The van der Waals surface area contributed by atoms with E-state index in [4.69, 9.17) is 4.74 Å². The number of hydrogen-bond donors (Lipinski definition) is 0. The van der Waals surface area contributed by atoms with Crippen molar-refractivity contribution in [3.63, 3.8) is 0 Å². The Kier molecular flexibility index (Phi) is 4.87. The van der Waals surface area contributed by atoms with E-state index in [0.29, 0.717) is 24.2 Å². The SMILES string of the molecule is O=C(OCc1cnn(-c2ccccc2)c1)c1cccc(N2CCCS2(=O)=O)c1. The molecule has 1 aliphatic heterocycles. The molecule has 2 aromatic carbocycles. The van der Waals surface area contributed by atoms with Gasteiger partial charge in [0.25, 0.3) is 0 Å². The standard InChI is InChI=1S/C20H19N3O4S/c24-20(17-6-4-9-19(12-17)23-10-5-11-28(23,25)26)27-15-16-13-21-22(14-16)18-7-2-1-3-8-18/h1-4,6-9,12-14H,5,10-11,15H2. The van der Waals surface area contributed by atoms with Crippen LogP contribution in [0, 0.1) is 0 Å². The van der Waals surface area contributed by atoms with Crippen molar-refractivity contribution in [1.29, 1.82) is 0 Å². The largest absolute Gasteiger partial charge is 0.457 e. The van der Waals surface area contributed by atoms with Crippen LogP contribution in [0.2, 0.25) is 0 Å². The lowest BCUT2D eigenvalue weighted by Gasteiger charge is -2.17. The average molecular weight is 397 g/mol. The second-order valence-corrected chi connectivity index (χ2v) is 8.51. The third kappa shape index (κ3) is 3.77. The predicted molar refractivity (Wildman–Crippen MR) is 105 cm³/mol. The Balaban J connectivity index is 1.43. The van der Waals surface area contributed by atoms with Gasteiger partial charge in [-0.1, -0.05) is 24.3 Å². The zero-order valence-corrected chi connectivity index (χ0v) is 15.9. The van der Waals surface area contributed by atoms with Crippen LogP contribution in [-0.4, -0.2) is 36.5 Å². The van der Waals surface area contributed by atoms with Crippen molar-refractivity contribution in [3.8, 4) is 5.69 Å². The third-order valence-corrected chi connectivity index (χ3v) is 6.37. The van der Waals surface area contributed by atoms with E-state index < -0.39 is 16.0 Å². The molecule has 4 rings (SSSR count). The van der Waals surface area contributed by atoms with E-state index in [0.717, 1.165) is 11.3 Å². The molecule has 2 heterocycles. The van der Waals surface area contributed by atoms with Crippen molar-refractivity contribution < 1.29 is 17.9 Å². The van der Waals surface area contributed by atoms with E-state index in [9.17, 15) is 13.2 Å². The average Bonchev–Trinajstić information content (AvgIpc) is 3.33. The number of ether oxygens (including phenoxy) is 1. The van der Waals surface area contributed by atoms with Gasteiger partial charge < -0.3 is 4.74 Å². The molecule has 1 saturated heterocycles. The zero-order valence-electron chi connectivity index (χ0n) is 15.1. The van der Waals surface area contributed by atoms with E-state index in [1.165, 1.54) is 4.31 Å². The Labute approximate surface area is 163 Å². The van der Waals surface area contributed by atoms with E-state index in [-0.39, 0.29) is 12.4 Å². The smallest absolute Gasteiger partial charge is 0.338 e. The molecule has 1 aromatic heterocycles. The lowest BCUT2D eigenvalue weighted by molar-refractivity contribution is 0.0472. The highest BCUT2D eigenvalue weighted by atomic mass is 32.2. The Morgan fingerprint density at radius 1 is 1.07 bits per heavy atom. The van der Waals surface area contributed by atoms with Gasteiger partial charge in [0.05, 0.1) is 28.9 Å². The molecule has 144 valence electrons. The topological polar surface area (TPSA) is 81.5 Å². The summed E-state index contributed by atoms with van der Waals surface area (Å²) in [5, 5.41) is 4.27. The summed E-state index contributed by atoms with van der Waals surface area (Å²) >= 11 is 0. The fourth-order valence-corrected chi connectivity index (χ4v) is 4.66. The highest BCUT2D eigenvalue weighted by molar-refractivity contribution is 7.93. The number of anilines is 1. The molecule has 0 radical (unpaired) electrons. The summed E-state index contributed by atoms with van der Waals surface area (Å²) in [5.74, 6) is -0.376. The Morgan fingerprint density at radius 2 is 1.86 bits per heavy atom. The molecule has 7 nitrogen and oxygen atoms in total. The molecule has 0 saturated carbocycles. The molecule has 0 unspecified atom stereocenters. The lowest BCUT2D eigenvalue weighted by Crippen LogP contribution is -2.25. The number of esters is 1. The molecule has 0 atom stereocenters. The van der Waals surface area contributed by atoms with Crippen molar-refractivity contribution in [2.24, 2.45) is 0 Å². The number of benzene rings is 2. The maximum Gasteiger partial charge on any atom is 0.338 e. The Bertz CT molecular complexity index is 1090. The molecule has 1 fully saturated rings. The number of rotatable bonds is 5. The van der Waals surface area contributed by atoms with Crippen LogP contribution in [0.5, 0.6) is 0 Å². The van der Waals surface area contributed by atoms with Gasteiger partial charge in [0, 0.05) is 18.3 Å². The highest BCUT2D eigenvalue weighted by Crippen LogP contribution is 2.25. The first kappa shape index (κ1) is 18.2. The number of sulfonamides is 1. The van der Waals surface area contributed by atoms with Gasteiger partial charge in [0.1, 0.15) is 6.61 Å². The van der Waals surface area contributed by atoms with Crippen LogP contribution in [0.25, 0.3) is 5.69 Å². The van der Waals surface area contributed by atoms with E-state index >= 15 is 0 Å². The minimum atomic E-state index is -3.29. The number of carbonyl (C=O) groups excluding carboxylic acids is 1. The molecule has 8 heteroatoms. The minimum absolute atomic E-state index is 0.0813. The molecular weight excluding hydrogens is 378 g/mol. The first-order valence-corrected chi connectivity index (χ1v) is 10.5. The Hall–Kier alpha value is -3.13. The Morgan fingerprint density at radius 3 is 2.61 bits per heavy atom. The number of para-hydroxylation sites is 1. The van der Waals surface area contributed by atoms with Crippen molar-refractivity contribution in [2.45, 2.75) is 13.0 Å². The van der Waals surface area contributed by atoms with Crippen LogP contribution in [0.15, 0.2) is 67.0 Å². The van der Waals surface area contributed by atoms with Crippen molar-refractivity contribution in [1.82, 2.24) is 9.78 Å². The van der Waals surface area contributed by atoms with Gasteiger partial charge in [0.15, 0.2) is 0 Å². The predicted octanol–water partition coefficient (Wildman–Crippen LogP) is 2.77. The highest BCUT2D eigenvalue weighted by Gasteiger charge is 2.28.